The van der Waals surface area contributed by atoms with Crippen molar-refractivity contribution < 1.29 is 9.53 Å². The highest BCUT2D eigenvalue weighted by molar-refractivity contribution is 6.31. The molecule has 3 nitrogen and oxygen atoms in total. The van der Waals surface area contributed by atoms with Gasteiger partial charge < -0.3 is 4.74 Å². The van der Waals surface area contributed by atoms with Crippen LogP contribution >= 0.6 is 11.6 Å². The fourth-order valence-corrected chi connectivity index (χ4v) is 2.18. The Balaban J connectivity index is 2.00. The van der Waals surface area contributed by atoms with E-state index in [-0.39, 0.29) is 12.6 Å². The molecule has 1 heterocycles. The molecule has 1 aliphatic heterocycles. The maximum atomic E-state index is 11.5. The van der Waals surface area contributed by atoms with Gasteiger partial charge in [0.25, 0.3) is 0 Å². The van der Waals surface area contributed by atoms with E-state index in [1.54, 1.807) is 18.3 Å². The molecule has 0 amide bonds. The lowest BCUT2D eigenvalue weighted by Gasteiger charge is -2.01. The average Bonchev–Trinajstić information content (AvgIpc) is 2.79. The molecule has 2 aromatic carbocycles. The van der Waals surface area contributed by atoms with Crippen LogP contribution < -0.4 is 0 Å². The van der Waals surface area contributed by atoms with Gasteiger partial charge in [-0.05, 0) is 17.7 Å². The molecule has 3 rings (SSSR count). The average molecular weight is 272 g/mol. The van der Waals surface area contributed by atoms with Crippen LogP contribution in [0.5, 0.6) is 0 Å². The number of halogens is 1. The number of aliphatic imine (C=N–C) groups is 1. The van der Waals surface area contributed by atoms with E-state index >= 15 is 0 Å². The third kappa shape index (κ3) is 2.37. The summed E-state index contributed by atoms with van der Waals surface area (Å²) in [7, 11) is 0. The fraction of sp³-hybridized carbons (Fsp3) is 0.0667. The van der Waals surface area contributed by atoms with E-state index in [9.17, 15) is 4.79 Å². The molecule has 0 saturated carbocycles. The molecule has 0 unspecified atom stereocenters. The first kappa shape index (κ1) is 11.9. The zero-order valence-electron chi connectivity index (χ0n) is 9.97. The molecule has 4 heteroatoms. The molecule has 19 heavy (non-hydrogen) atoms. The molecule has 0 fully saturated rings. The van der Waals surface area contributed by atoms with E-state index in [2.05, 4.69) is 4.99 Å². The van der Waals surface area contributed by atoms with Crippen molar-refractivity contribution in [3.63, 3.8) is 0 Å². The van der Waals surface area contributed by atoms with Crippen molar-refractivity contribution >= 4 is 29.5 Å². The Morgan fingerprint density at radius 1 is 1.21 bits per heavy atom. The Hall–Kier alpha value is -2.13. The van der Waals surface area contributed by atoms with Crippen molar-refractivity contribution in [2.75, 3.05) is 0 Å². The van der Waals surface area contributed by atoms with Gasteiger partial charge in [-0.2, -0.15) is 0 Å². The topological polar surface area (TPSA) is 38.7 Å². The van der Waals surface area contributed by atoms with Gasteiger partial charge in [0.05, 0.1) is 11.3 Å². The maximum absolute atomic E-state index is 11.5. The number of fused-ring (bicyclic) bond motifs is 1. The number of hydrogen-bond donors (Lipinski definition) is 0. The highest BCUT2D eigenvalue weighted by atomic mass is 35.5. The van der Waals surface area contributed by atoms with E-state index in [1.807, 2.05) is 30.3 Å². The van der Waals surface area contributed by atoms with E-state index < -0.39 is 0 Å². The van der Waals surface area contributed by atoms with Crippen LogP contribution in [-0.2, 0) is 11.3 Å². The Labute approximate surface area is 115 Å². The second kappa shape index (κ2) is 4.86. The normalized spacial score (nSPS) is 13.6. The van der Waals surface area contributed by atoms with Gasteiger partial charge >= 0.3 is 5.97 Å². The largest absolute Gasteiger partial charge is 0.457 e. The smallest absolute Gasteiger partial charge is 0.339 e. The van der Waals surface area contributed by atoms with Gasteiger partial charge in [-0.15, -0.1) is 0 Å². The van der Waals surface area contributed by atoms with Gasteiger partial charge in [0.1, 0.15) is 6.61 Å². The molecule has 0 aromatic heterocycles. The molecule has 2 aromatic rings. The predicted molar refractivity (Wildman–Crippen MR) is 74.3 cm³/mol. The Kier molecular flexibility index (Phi) is 3.05. The maximum Gasteiger partial charge on any atom is 0.339 e. The third-order valence-corrected chi connectivity index (χ3v) is 3.13. The van der Waals surface area contributed by atoms with Gasteiger partial charge in [-0.3, -0.25) is 4.99 Å². The number of carbonyl (C=O) groups excluding carboxylic acids is 1. The highest BCUT2D eigenvalue weighted by Crippen LogP contribution is 2.32. The fourth-order valence-electron chi connectivity index (χ4n) is 1.97. The summed E-state index contributed by atoms with van der Waals surface area (Å²) < 4.78 is 5.00. The number of nitrogens with zero attached hydrogens (tertiary/aromatic N) is 1. The number of esters is 1. The number of carbonyl (C=O) groups is 1. The molecular weight excluding hydrogens is 262 g/mol. The van der Waals surface area contributed by atoms with Crippen molar-refractivity contribution in [1.29, 1.82) is 0 Å². The van der Waals surface area contributed by atoms with Crippen molar-refractivity contribution in [3.8, 4) is 0 Å². The molecule has 0 atom stereocenters. The minimum atomic E-state index is -0.339. The summed E-state index contributed by atoms with van der Waals surface area (Å²) >= 11 is 5.99. The quantitative estimate of drug-likeness (QED) is 0.616. The van der Waals surface area contributed by atoms with Crippen LogP contribution in [0.25, 0.3) is 0 Å². The summed E-state index contributed by atoms with van der Waals surface area (Å²) in [5, 5.41) is 0.484. The Morgan fingerprint density at radius 2 is 2.00 bits per heavy atom. The van der Waals surface area contributed by atoms with Crippen LogP contribution in [0.15, 0.2) is 47.5 Å². The highest BCUT2D eigenvalue weighted by Gasteiger charge is 2.24. The van der Waals surface area contributed by atoms with E-state index in [4.69, 9.17) is 16.3 Å². The lowest BCUT2D eigenvalue weighted by atomic mass is 10.1. The molecular formula is C15H10ClNO2. The van der Waals surface area contributed by atoms with Gasteiger partial charge in [-0.1, -0.05) is 41.9 Å². The van der Waals surface area contributed by atoms with Crippen LogP contribution in [0.4, 0.5) is 5.69 Å². The van der Waals surface area contributed by atoms with E-state index in [0.29, 0.717) is 16.3 Å². The third-order valence-electron chi connectivity index (χ3n) is 2.91. The minimum Gasteiger partial charge on any atom is -0.457 e. The Morgan fingerprint density at radius 3 is 2.79 bits per heavy atom. The second-order valence-corrected chi connectivity index (χ2v) is 4.63. The summed E-state index contributed by atoms with van der Waals surface area (Å²) in [6.45, 7) is 0.257. The standard InChI is InChI=1S/C15H10ClNO2/c16-11-6-12-13(9-19-15(12)18)14(7-11)17-8-10-4-2-1-3-5-10/h1-8H,9H2. The Bertz CT molecular complexity index is 665. The molecule has 0 radical (unpaired) electrons. The number of cyclic esters (lactones) is 1. The first-order valence-electron chi connectivity index (χ1n) is 5.83. The molecule has 0 spiro atoms. The lowest BCUT2D eigenvalue weighted by molar-refractivity contribution is 0.0535. The van der Waals surface area contributed by atoms with Crippen LogP contribution in [-0.4, -0.2) is 12.2 Å². The van der Waals surface area contributed by atoms with Crippen LogP contribution in [0, 0.1) is 0 Å². The summed E-state index contributed by atoms with van der Waals surface area (Å²) in [6, 6.07) is 13.1. The second-order valence-electron chi connectivity index (χ2n) is 4.20. The zero-order chi connectivity index (χ0) is 13.2. The molecule has 1 aliphatic rings. The zero-order valence-corrected chi connectivity index (χ0v) is 10.7. The number of benzene rings is 2. The van der Waals surface area contributed by atoms with E-state index in [1.165, 1.54) is 0 Å². The predicted octanol–water partition coefficient (Wildman–Crippen LogP) is 3.76. The first-order chi connectivity index (χ1) is 9.24. The summed E-state index contributed by atoms with van der Waals surface area (Å²) in [6.07, 6.45) is 1.74. The molecule has 94 valence electrons. The van der Waals surface area contributed by atoms with Crippen molar-refractivity contribution in [2.24, 2.45) is 4.99 Å². The van der Waals surface area contributed by atoms with Crippen molar-refractivity contribution in [1.82, 2.24) is 0 Å². The van der Waals surface area contributed by atoms with Crippen LogP contribution in [0.1, 0.15) is 21.5 Å². The minimum absolute atomic E-state index is 0.257. The molecule has 0 aliphatic carbocycles. The summed E-state index contributed by atoms with van der Waals surface area (Å²) in [5.41, 5.74) is 2.97. The van der Waals surface area contributed by atoms with Gasteiger partial charge in [0, 0.05) is 16.8 Å². The number of hydrogen-bond acceptors (Lipinski definition) is 3. The number of ether oxygens (including phenoxy) is 1. The summed E-state index contributed by atoms with van der Waals surface area (Å²) in [5.74, 6) is -0.339. The lowest BCUT2D eigenvalue weighted by Crippen LogP contribution is -1.93. The van der Waals surface area contributed by atoms with E-state index in [0.717, 1.165) is 11.1 Å². The van der Waals surface area contributed by atoms with Gasteiger partial charge in [0.2, 0.25) is 0 Å². The van der Waals surface area contributed by atoms with Gasteiger partial charge in [-0.25, -0.2) is 4.79 Å². The van der Waals surface area contributed by atoms with Gasteiger partial charge in [0.15, 0.2) is 0 Å². The molecule has 0 N–H and O–H groups in total. The monoisotopic (exact) mass is 271 g/mol. The van der Waals surface area contributed by atoms with Crippen molar-refractivity contribution in [2.45, 2.75) is 6.61 Å². The summed E-state index contributed by atoms with van der Waals surface area (Å²) in [4.78, 5) is 15.9. The molecule has 0 saturated heterocycles. The SMILES string of the molecule is O=C1OCc2c(N=Cc3ccccc3)cc(Cl)cc21. The first-order valence-corrected chi connectivity index (χ1v) is 6.20. The van der Waals surface area contributed by atoms with Crippen LogP contribution in [0.2, 0.25) is 5.02 Å². The molecule has 0 bridgehead atoms. The van der Waals surface area contributed by atoms with Crippen LogP contribution in [0.3, 0.4) is 0 Å². The van der Waals surface area contributed by atoms with Crippen molar-refractivity contribution in [3.05, 3.63) is 64.2 Å². The number of rotatable bonds is 2.